The number of benzene rings is 1. The Kier molecular flexibility index (Phi) is 9.81. The number of carbonyl (C=O) groups is 1. The molecule has 2 heterocycles. The first-order valence-electron chi connectivity index (χ1n) is 13.7. The highest BCUT2D eigenvalue weighted by Gasteiger charge is 2.32. The minimum Gasteiger partial charge on any atom is -0.444 e. The minimum atomic E-state index is -0.518. The van der Waals surface area contributed by atoms with Crippen molar-refractivity contribution in [1.82, 2.24) is 19.8 Å². The molecular weight excluding hydrogens is 510 g/mol. The molecule has 4 rings (SSSR count). The van der Waals surface area contributed by atoms with Crippen LogP contribution >= 0.6 is 11.6 Å². The van der Waals surface area contributed by atoms with Crippen molar-refractivity contribution in [3.05, 3.63) is 82.6 Å². The molecule has 1 aliphatic carbocycles. The minimum absolute atomic E-state index is 0.195. The summed E-state index contributed by atoms with van der Waals surface area (Å²) in [5.41, 5.74) is 4.51. The fourth-order valence-corrected chi connectivity index (χ4v) is 5.54. The van der Waals surface area contributed by atoms with E-state index in [0.717, 1.165) is 49.2 Å². The molecule has 1 saturated heterocycles. The summed E-state index contributed by atoms with van der Waals surface area (Å²) in [5, 5.41) is 4.43. The molecule has 1 aromatic heterocycles. The van der Waals surface area contributed by atoms with Crippen LogP contribution in [-0.2, 0) is 11.3 Å². The number of fused-ring (bicyclic) bond motifs is 1. The molecule has 0 bridgehead atoms. The van der Waals surface area contributed by atoms with Crippen molar-refractivity contribution in [3.8, 4) is 0 Å². The molecule has 2 aliphatic rings. The lowest BCUT2D eigenvalue weighted by molar-refractivity contribution is 0.0243. The van der Waals surface area contributed by atoms with E-state index in [9.17, 15) is 4.79 Å². The van der Waals surface area contributed by atoms with Crippen molar-refractivity contribution in [2.45, 2.75) is 77.0 Å². The number of aliphatic imine (C=N–C) groups is 1. The van der Waals surface area contributed by atoms with Gasteiger partial charge in [-0.3, -0.25) is 15.2 Å². The fourth-order valence-electron chi connectivity index (χ4n) is 5.36. The van der Waals surface area contributed by atoms with Gasteiger partial charge in [0.15, 0.2) is 0 Å². The largest absolute Gasteiger partial charge is 0.444 e. The number of nitrogens with zero attached hydrogens (tertiary/aromatic N) is 4. The fraction of sp³-hybridized carbons (Fsp3) is 0.452. The van der Waals surface area contributed by atoms with E-state index in [0.29, 0.717) is 13.2 Å². The van der Waals surface area contributed by atoms with Crippen LogP contribution in [0.25, 0.3) is 6.08 Å². The van der Waals surface area contributed by atoms with E-state index in [2.05, 4.69) is 50.9 Å². The van der Waals surface area contributed by atoms with Gasteiger partial charge in [-0.05, 0) is 100 Å². The quantitative estimate of drug-likeness (QED) is 0.378. The van der Waals surface area contributed by atoms with Gasteiger partial charge in [0, 0.05) is 48.7 Å². The van der Waals surface area contributed by atoms with E-state index < -0.39 is 5.60 Å². The predicted molar refractivity (Wildman–Crippen MR) is 159 cm³/mol. The summed E-state index contributed by atoms with van der Waals surface area (Å²) in [7, 11) is 0. The van der Waals surface area contributed by atoms with Crippen molar-refractivity contribution < 1.29 is 9.53 Å². The number of carbonyl (C=O) groups excluding carboxylic acids is 1. The molecule has 1 fully saturated rings. The lowest BCUT2D eigenvalue weighted by atomic mass is 9.82. The first kappa shape index (κ1) is 28.8. The molecule has 1 aromatic carbocycles. The molecule has 2 unspecified atom stereocenters. The van der Waals surface area contributed by atoms with Crippen LogP contribution in [0.15, 0.2) is 71.4 Å². The van der Waals surface area contributed by atoms with Gasteiger partial charge in [0.05, 0.1) is 13.0 Å². The number of halogens is 1. The van der Waals surface area contributed by atoms with Crippen LogP contribution in [0.4, 0.5) is 4.79 Å². The normalized spacial score (nSPS) is 21.3. The average molecular weight is 550 g/mol. The second kappa shape index (κ2) is 13.3. The molecule has 39 heavy (non-hydrogen) atoms. The highest BCUT2D eigenvalue weighted by atomic mass is 35.5. The first-order chi connectivity index (χ1) is 18.7. The van der Waals surface area contributed by atoms with E-state index in [1.165, 1.54) is 16.7 Å². The SMILES string of the molecule is C=N/C=C\C=C1/CC(C2CCCN(C(=O)OC(C)(C)C)CN2)c2ccc(Cl)cc2C=C1CCCn1ccnc1. The van der Waals surface area contributed by atoms with Crippen LogP contribution in [0, 0.1) is 0 Å². The maximum atomic E-state index is 12.8. The number of allylic oxidation sites excluding steroid dienone is 4. The maximum absolute atomic E-state index is 12.8. The molecule has 0 radical (unpaired) electrons. The van der Waals surface area contributed by atoms with Gasteiger partial charge >= 0.3 is 6.09 Å². The zero-order chi connectivity index (χ0) is 27.8. The Labute approximate surface area is 237 Å². The zero-order valence-electron chi connectivity index (χ0n) is 23.3. The number of hydrogen-bond donors (Lipinski definition) is 1. The summed E-state index contributed by atoms with van der Waals surface area (Å²) in [6.45, 7) is 11.3. The zero-order valence-corrected chi connectivity index (χ0v) is 24.0. The second-order valence-electron chi connectivity index (χ2n) is 11.2. The Morgan fingerprint density at radius 3 is 2.95 bits per heavy atom. The highest BCUT2D eigenvalue weighted by Crippen LogP contribution is 2.41. The van der Waals surface area contributed by atoms with Gasteiger partial charge in [0.2, 0.25) is 0 Å². The van der Waals surface area contributed by atoms with Gasteiger partial charge in [-0.15, -0.1) is 0 Å². The third-order valence-electron chi connectivity index (χ3n) is 7.17. The molecule has 1 amide bonds. The molecule has 0 spiro atoms. The van der Waals surface area contributed by atoms with Crippen LogP contribution in [0.5, 0.6) is 0 Å². The number of amides is 1. The van der Waals surface area contributed by atoms with Crippen molar-refractivity contribution in [3.63, 3.8) is 0 Å². The molecule has 2 aromatic rings. The molecule has 1 aliphatic heterocycles. The number of ether oxygens (including phenoxy) is 1. The highest BCUT2D eigenvalue weighted by molar-refractivity contribution is 6.30. The molecule has 2 atom stereocenters. The lowest BCUT2D eigenvalue weighted by Gasteiger charge is -2.30. The Morgan fingerprint density at radius 2 is 2.21 bits per heavy atom. The van der Waals surface area contributed by atoms with Crippen molar-refractivity contribution in [2.24, 2.45) is 4.99 Å². The Balaban J connectivity index is 1.59. The first-order valence-corrected chi connectivity index (χ1v) is 14.1. The number of nitrogens with one attached hydrogen (secondary N) is 1. The maximum Gasteiger partial charge on any atom is 0.411 e. The van der Waals surface area contributed by atoms with Gasteiger partial charge in [-0.2, -0.15) is 0 Å². The van der Waals surface area contributed by atoms with Gasteiger partial charge in [-0.1, -0.05) is 29.8 Å². The smallest absolute Gasteiger partial charge is 0.411 e. The topological polar surface area (TPSA) is 71.8 Å². The van der Waals surface area contributed by atoms with Gasteiger partial charge in [-0.25, -0.2) is 9.78 Å². The molecular formula is C31H40ClN5O2. The van der Waals surface area contributed by atoms with Gasteiger partial charge in [0.1, 0.15) is 5.60 Å². The van der Waals surface area contributed by atoms with Crippen LogP contribution in [0.3, 0.4) is 0 Å². The van der Waals surface area contributed by atoms with Crippen molar-refractivity contribution >= 4 is 30.5 Å². The summed E-state index contributed by atoms with van der Waals surface area (Å²) in [4.78, 5) is 22.6. The number of aryl methyl sites for hydroxylation is 1. The van der Waals surface area contributed by atoms with Crippen molar-refractivity contribution in [1.29, 1.82) is 0 Å². The summed E-state index contributed by atoms with van der Waals surface area (Å²) >= 11 is 6.50. The van der Waals surface area contributed by atoms with E-state index in [-0.39, 0.29) is 18.1 Å². The van der Waals surface area contributed by atoms with Crippen LogP contribution in [0.2, 0.25) is 5.02 Å². The summed E-state index contributed by atoms with van der Waals surface area (Å²) in [5.74, 6) is 0.217. The van der Waals surface area contributed by atoms with Crippen molar-refractivity contribution in [2.75, 3.05) is 13.2 Å². The Bertz CT molecular complexity index is 1230. The summed E-state index contributed by atoms with van der Waals surface area (Å²) in [6.07, 6.45) is 18.2. The Hall–Kier alpha value is -3.16. The monoisotopic (exact) mass is 549 g/mol. The third kappa shape index (κ3) is 8.16. The van der Waals surface area contributed by atoms with E-state index in [1.807, 2.05) is 51.6 Å². The molecule has 208 valence electrons. The van der Waals surface area contributed by atoms with Gasteiger partial charge < -0.3 is 9.30 Å². The van der Waals surface area contributed by atoms with E-state index in [4.69, 9.17) is 16.3 Å². The number of aromatic nitrogens is 2. The van der Waals surface area contributed by atoms with Crippen LogP contribution < -0.4 is 5.32 Å². The number of imidazole rings is 1. The van der Waals surface area contributed by atoms with Gasteiger partial charge in [0.25, 0.3) is 0 Å². The molecule has 0 saturated carbocycles. The predicted octanol–water partition coefficient (Wildman–Crippen LogP) is 6.97. The second-order valence-corrected chi connectivity index (χ2v) is 11.7. The van der Waals surface area contributed by atoms with Crippen LogP contribution in [-0.4, -0.2) is 52.1 Å². The average Bonchev–Trinajstić information content (AvgIpc) is 3.20. The number of rotatable bonds is 7. The van der Waals surface area contributed by atoms with E-state index >= 15 is 0 Å². The lowest BCUT2D eigenvalue weighted by Crippen LogP contribution is -2.44. The number of hydrogen-bond acceptors (Lipinski definition) is 5. The summed E-state index contributed by atoms with van der Waals surface area (Å²) in [6, 6.07) is 6.43. The third-order valence-corrected chi connectivity index (χ3v) is 7.40. The molecule has 7 nitrogen and oxygen atoms in total. The molecule has 1 N–H and O–H groups in total. The van der Waals surface area contributed by atoms with E-state index in [1.54, 1.807) is 11.1 Å². The summed E-state index contributed by atoms with van der Waals surface area (Å²) < 4.78 is 7.75. The standard InChI is InChI=1S/C31H40ClN5O2/c1-31(2,3)39-30(38)37-16-7-10-29(35-22-37)28-20-24(8-5-13-33-4)23(9-6-15-36-17-14-34-21-36)18-25-19-26(32)11-12-27(25)28/h5,8,11-14,17-19,21,28-29,35H,4,6-7,9-10,15-16,20,22H2,1-3H3/b13-5-,24-8+. The molecule has 8 heteroatoms. The van der Waals surface area contributed by atoms with Crippen LogP contribution in [0.1, 0.15) is 69.9 Å². The Morgan fingerprint density at radius 1 is 1.36 bits per heavy atom.